The fraction of sp³-hybridized carbons (Fsp3) is 0.455. The lowest BCUT2D eigenvalue weighted by Gasteiger charge is -2.45. The molecule has 0 aliphatic carbocycles. The number of pyridine rings is 2. The highest BCUT2D eigenvalue weighted by molar-refractivity contribution is 5.93. The molecule has 0 aliphatic rings. The van der Waals surface area contributed by atoms with Gasteiger partial charge in [0.1, 0.15) is 5.82 Å². The summed E-state index contributed by atoms with van der Waals surface area (Å²) in [7, 11) is 2.59. The van der Waals surface area contributed by atoms with Gasteiger partial charge in [-0.2, -0.15) is 13.2 Å². The molecule has 0 saturated heterocycles. The van der Waals surface area contributed by atoms with Crippen LogP contribution in [0.4, 0.5) is 19.0 Å². The summed E-state index contributed by atoms with van der Waals surface area (Å²) in [4.78, 5) is 38.1. The molecule has 0 aromatic carbocycles. The number of alkyl halides is 3. The number of hydroxylamine groups is 1. The largest absolute Gasteiger partial charge is 0.434 e. The number of halogens is 3. The molecule has 0 spiro atoms. The Morgan fingerprint density at radius 2 is 1.97 bits per heavy atom. The van der Waals surface area contributed by atoms with Crippen LogP contribution in [0.15, 0.2) is 36.7 Å². The minimum atomic E-state index is -4.97. The molecular weight excluding hydrogens is 455 g/mol. The van der Waals surface area contributed by atoms with Crippen molar-refractivity contribution in [2.75, 3.05) is 32.6 Å². The fourth-order valence-corrected chi connectivity index (χ4v) is 3.51. The summed E-state index contributed by atoms with van der Waals surface area (Å²) in [6.07, 6.45) is -2.34. The Balaban J connectivity index is 2.55. The van der Waals surface area contributed by atoms with E-state index in [9.17, 15) is 22.8 Å². The molecule has 2 heterocycles. The highest BCUT2D eigenvalue weighted by atomic mass is 19.4. The van der Waals surface area contributed by atoms with E-state index >= 15 is 0 Å². The normalized spacial score (nSPS) is 14.4. The third-order valence-electron chi connectivity index (χ3n) is 5.19. The maximum absolute atomic E-state index is 14.8. The Bertz CT molecular complexity index is 990. The maximum Gasteiger partial charge on any atom is 0.434 e. The van der Waals surface area contributed by atoms with Crippen LogP contribution >= 0.6 is 0 Å². The van der Waals surface area contributed by atoms with Crippen molar-refractivity contribution in [3.05, 3.63) is 53.5 Å². The second kappa shape index (κ2) is 11.4. The van der Waals surface area contributed by atoms with E-state index in [0.29, 0.717) is 5.69 Å². The molecular formula is C22H28F3N5O4. The minimum Gasteiger partial charge on any atom is -0.383 e. The first-order valence-electron chi connectivity index (χ1n) is 10.3. The van der Waals surface area contributed by atoms with Crippen LogP contribution in [0, 0.1) is 6.92 Å². The summed E-state index contributed by atoms with van der Waals surface area (Å²) >= 11 is 0. The predicted molar refractivity (Wildman–Crippen MR) is 118 cm³/mol. The number of hydrogen-bond acceptors (Lipinski definition) is 7. The Kier molecular flexibility index (Phi) is 9.07. The number of amides is 2. The van der Waals surface area contributed by atoms with Crippen LogP contribution in [0.2, 0.25) is 0 Å². The fourth-order valence-electron chi connectivity index (χ4n) is 3.51. The molecule has 9 nitrogen and oxygen atoms in total. The standard InChI is InChI=1S/C22H28F3N5O4/c1-14-11-18(12-19(27-14)28-16(3)31)15(2)21(22(23,24)25,30(4)9-10-33-5)34-29-20(32)17-7-6-8-26-13-17/h6-8,11-13,15H,9-10H2,1-5H3,(H,29,32)(H,27,28,31). The number of rotatable bonds is 10. The lowest BCUT2D eigenvalue weighted by Crippen LogP contribution is -2.65. The number of nitrogens with one attached hydrogen (secondary N) is 2. The van der Waals surface area contributed by atoms with Crippen molar-refractivity contribution in [3.8, 4) is 0 Å². The Labute approximate surface area is 195 Å². The van der Waals surface area contributed by atoms with E-state index < -0.39 is 29.6 Å². The first-order valence-corrected chi connectivity index (χ1v) is 10.3. The summed E-state index contributed by atoms with van der Waals surface area (Å²) in [6, 6.07) is 5.68. The van der Waals surface area contributed by atoms with Crippen LogP contribution in [0.1, 0.15) is 41.4 Å². The van der Waals surface area contributed by atoms with Crippen LogP contribution in [0.5, 0.6) is 0 Å². The molecule has 0 radical (unpaired) electrons. The van der Waals surface area contributed by atoms with E-state index in [4.69, 9.17) is 9.57 Å². The topological polar surface area (TPSA) is 106 Å². The molecule has 2 aromatic heterocycles. The first-order chi connectivity index (χ1) is 15.9. The maximum atomic E-state index is 14.8. The van der Waals surface area contributed by atoms with Crippen LogP contribution < -0.4 is 10.8 Å². The van der Waals surface area contributed by atoms with Crippen molar-refractivity contribution in [1.82, 2.24) is 20.3 Å². The summed E-state index contributed by atoms with van der Waals surface area (Å²) in [5, 5.41) is 2.48. The van der Waals surface area contributed by atoms with Crippen molar-refractivity contribution >= 4 is 17.6 Å². The van der Waals surface area contributed by atoms with Gasteiger partial charge in [0, 0.05) is 44.6 Å². The second-order valence-corrected chi connectivity index (χ2v) is 7.71. The second-order valence-electron chi connectivity index (χ2n) is 7.71. The first kappa shape index (κ1) is 27.2. The molecule has 34 heavy (non-hydrogen) atoms. The number of carbonyl (C=O) groups excluding carboxylic acids is 2. The number of methoxy groups -OCH3 is 1. The van der Waals surface area contributed by atoms with E-state index in [2.05, 4.69) is 15.3 Å². The quantitative estimate of drug-likeness (QED) is 0.395. The molecule has 186 valence electrons. The van der Waals surface area contributed by atoms with E-state index in [1.54, 1.807) is 6.92 Å². The van der Waals surface area contributed by atoms with Crippen molar-refractivity contribution in [2.45, 2.75) is 38.6 Å². The van der Waals surface area contributed by atoms with Gasteiger partial charge in [-0.3, -0.25) is 19.5 Å². The van der Waals surface area contributed by atoms with E-state index in [1.807, 2.05) is 5.48 Å². The molecule has 12 heteroatoms. The van der Waals surface area contributed by atoms with Crippen LogP contribution in [0.3, 0.4) is 0 Å². The van der Waals surface area contributed by atoms with Gasteiger partial charge in [0.05, 0.1) is 12.2 Å². The van der Waals surface area contributed by atoms with Gasteiger partial charge < -0.3 is 10.1 Å². The molecule has 2 atom stereocenters. The zero-order valence-electron chi connectivity index (χ0n) is 19.6. The van der Waals surface area contributed by atoms with Gasteiger partial charge in [-0.15, -0.1) is 0 Å². The van der Waals surface area contributed by atoms with Crippen molar-refractivity contribution in [1.29, 1.82) is 0 Å². The smallest absolute Gasteiger partial charge is 0.383 e. The highest BCUT2D eigenvalue weighted by Crippen LogP contribution is 2.46. The molecule has 2 rings (SSSR count). The van der Waals surface area contributed by atoms with Crippen molar-refractivity contribution in [2.24, 2.45) is 0 Å². The molecule has 2 unspecified atom stereocenters. The molecule has 0 saturated carbocycles. The van der Waals surface area contributed by atoms with Crippen LogP contribution in [-0.4, -0.2) is 65.9 Å². The Hall–Kier alpha value is -3.09. The number of aryl methyl sites for hydroxylation is 1. The van der Waals surface area contributed by atoms with E-state index in [-0.39, 0.29) is 30.1 Å². The number of nitrogens with zero attached hydrogens (tertiary/aromatic N) is 3. The van der Waals surface area contributed by atoms with Crippen LogP contribution in [0.25, 0.3) is 0 Å². The number of ether oxygens (including phenoxy) is 1. The SMILES string of the molecule is COCCN(C)C(ONC(=O)c1cccnc1)(C(C)c1cc(C)nc(NC(C)=O)c1)C(F)(F)F. The van der Waals surface area contributed by atoms with Gasteiger partial charge in [0.2, 0.25) is 5.91 Å². The Morgan fingerprint density at radius 3 is 2.53 bits per heavy atom. The zero-order chi connectivity index (χ0) is 25.5. The highest BCUT2D eigenvalue weighted by Gasteiger charge is 2.63. The Morgan fingerprint density at radius 1 is 1.26 bits per heavy atom. The zero-order valence-corrected chi connectivity index (χ0v) is 19.6. The summed E-state index contributed by atoms with van der Waals surface area (Å²) in [5.41, 5.74) is -0.440. The van der Waals surface area contributed by atoms with Crippen molar-refractivity contribution in [3.63, 3.8) is 0 Å². The van der Waals surface area contributed by atoms with Crippen LogP contribution in [-0.2, 0) is 14.4 Å². The monoisotopic (exact) mass is 483 g/mol. The average molecular weight is 483 g/mol. The third kappa shape index (κ3) is 6.27. The summed E-state index contributed by atoms with van der Waals surface area (Å²) in [6.45, 7) is 4.00. The van der Waals surface area contributed by atoms with Gasteiger partial charge in [-0.05, 0) is 43.8 Å². The molecule has 0 bridgehead atoms. The lowest BCUT2D eigenvalue weighted by atomic mass is 9.88. The summed E-state index contributed by atoms with van der Waals surface area (Å²) < 4.78 is 49.4. The average Bonchev–Trinajstić information content (AvgIpc) is 2.76. The molecule has 2 aromatic rings. The van der Waals surface area contributed by atoms with Gasteiger partial charge >= 0.3 is 6.18 Å². The molecule has 0 fully saturated rings. The number of anilines is 1. The van der Waals surface area contributed by atoms with Gasteiger partial charge in [-0.25, -0.2) is 15.3 Å². The number of likely N-dealkylation sites (N-methyl/N-ethyl adjacent to an activating group) is 1. The third-order valence-corrected chi connectivity index (χ3v) is 5.19. The van der Waals surface area contributed by atoms with Gasteiger partial charge in [0.25, 0.3) is 11.6 Å². The number of hydrogen-bond donors (Lipinski definition) is 2. The van der Waals surface area contributed by atoms with Crippen molar-refractivity contribution < 1.29 is 32.3 Å². The minimum absolute atomic E-state index is 0.0204. The predicted octanol–water partition coefficient (Wildman–Crippen LogP) is 3.05. The van der Waals surface area contributed by atoms with Gasteiger partial charge in [-0.1, -0.05) is 6.92 Å². The molecule has 0 aliphatic heterocycles. The van der Waals surface area contributed by atoms with E-state index in [1.165, 1.54) is 64.7 Å². The summed E-state index contributed by atoms with van der Waals surface area (Å²) in [5.74, 6) is -2.59. The molecule has 2 N–H and O–H groups in total. The number of carbonyl (C=O) groups is 2. The molecule has 2 amide bonds. The lowest BCUT2D eigenvalue weighted by molar-refractivity contribution is -0.350. The van der Waals surface area contributed by atoms with E-state index in [0.717, 1.165) is 4.90 Å². The number of aromatic nitrogens is 2. The van der Waals surface area contributed by atoms with Gasteiger partial charge in [0.15, 0.2) is 0 Å².